The first-order valence-electron chi connectivity index (χ1n) is 6.12. The number of carbonyl (C=O) groups excluding carboxylic acids is 1. The van der Waals surface area contributed by atoms with Gasteiger partial charge in [-0.25, -0.2) is 0 Å². The first-order valence-corrected chi connectivity index (χ1v) is 6.12. The van der Waals surface area contributed by atoms with Gasteiger partial charge in [0.1, 0.15) is 11.3 Å². The third-order valence-corrected chi connectivity index (χ3v) is 2.62. The fourth-order valence-electron chi connectivity index (χ4n) is 1.70. The van der Waals surface area contributed by atoms with Crippen LogP contribution in [0.3, 0.4) is 0 Å². The number of nitrogens with one attached hydrogen (secondary N) is 1. The molecule has 0 bridgehead atoms. The summed E-state index contributed by atoms with van der Waals surface area (Å²) in [5.41, 5.74) is 0.688. The van der Waals surface area contributed by atoms with Crippen molar-refractivity contribution < 1.29 is 19.4 Å². The second-order valence-electron chi connectivity index (χ2n) is 4.11. The van der Waals surface area contributed by atoms with Gasteiger partial charge in [0.05, 0.1) is 6.42 Å². The number of hydrogen-bond donors (Lipinski definition) is 2. The summed E-state index contributed by atoms with van der Waals surface area (Å²) in [6.07, 6.45) is 1.55. The molecule has 2 rings (SSSR count). The van der Waals surface area contributed by atoms with E-state index in [-0.39, 0.29) is 25.5 Å². The van der Waals surface area contributed by atoms with E-state index in [9.17, 15) is 9.59 Å². The summed E-state index contributed by atoms with van der Waals surface area (Å²) >= 11 is 0. The standard InChI is InChI=1S/C14H14N2O4/c17-12(15-8-6-13(18)19)9-20-11-5-1-3-10-4-2-7-16-14(10)11/h1-5,7H,6,8-9H2,(H,15,17)(H,18,19). The van der Waals surface area contributed by atoms with Crippen LogP contribution in [0.5, 0.6) is 5.75 Å². The highest BCUT2D eigenvalue weighted by atomic mass is 16.5. The van der Waals surface area contributed by atoms with Gasteiger partial charge in [0.15, 0.2) is 6.61 Å². The maximum absolute atomic E-state index is 11.5. The zero-order valence-electron chi connectivity index (χ0n) is 10.7. The maximum Gasteiger partial charge on any atom is 0.305 e. The molecule has 2 N–H and O–H groups in total. The lowest BCUT2D eigenvalue weighted by molar-refractivity contribution is -0.137. The van der Waals surface area contributed by atoms with Gasteiger partial charge in [0.25, 0.3) is 5.91 Å². The molecule has 1 amide bonds. The van der Waals surface area contributed by atoms with Crippen LogP contribution in [0.2, 0.25) is 0 Å². The predicted octanol–water partition coefficient (Wildman–Crippen LogP) is 1.20. The van der Waals surface area contributed by atoms with E-state index in [0.717, 1.165) is 5.39 Å². The second kappa shape index (κ2) is 6.51. The van der Waals surface area contributed by atoms with Crippen molar-refractivity contribution in [2.45, 2.75) is 6.42 Å². The van der Waals surface area contributed by atoms with Gasteiger partial charge in [-0.1, -0.05) is 18.2 Å². The molecule has 2 aromatic rings. The fourth-order valence-corrected chi connectivity index (χ4v) is 1.70. The molecule has 0 aliphatic heterocycles. The third-order valence-electron chi connectivity index (χ3n) is 2.62. The number of nitrogens with zero attached hydrogens (tertiary/aromatic N) is 1. The van der Waals surface area contributed by atoms with E-state index in [4.69, 9.17) is 9.84 Å². The van der Waals surface area contributed by atoms with Crippen molar-refractivity contribution in [1.29, 1.82) is 0 Å². The molecule has 1 aromatic heterocycles. The Balaban J connectivity index is 1.92. The lowest BCUT2D eigenvalue weighted by Crippen LogP contribution is -2.30. The van der Waals surface area contributed by atoms with Gasteiger partial charge >= 0.3 is 5.97 Å². The van der Waals surface area contributed by atoms with Crippen molar-refractivity contribution in [1.82, 2.24) is 10.3 Å². The summed E-state index contributed by atoms with van der Waals surface area (Å²) in [5, 5.41) is 11.9. The number of fused-ring (bicyclic) bond motifs is 1. The Morgan fingerprint density at radius 2 is 2.05 bits per heavy atom. The van der Waals surface area contributed by atoms with Crippen LogP contribution >= 0.6 is 0 Å². The minimum Gasteiger partial charge on any atom is -0.481 e. The number of benzene rings is 1. The lowest BCUT2D eigenvalue weighted by Gasteiger charge is -2.08. The summed E-state index contributed by atoms with van der Waals surface area (Å²) in [6.45, 7) is -0.0827. The average Bonchev–Trinajstić information content (AvgIpc) is 2.44. The maximum atomic E-state index is 11.5. The van der Waals surface area contributed by atoms with Crippen molar-refractivity contribution in [2.24, 2.45) is 0 Å². The van der Waals surface area contributed by atoms with Gasteiger partial charge in [-0.3, -0.25) is 14.6 Å². The zero-order chi connectivity index (χ0) is 14.4. The molecule has 0 unspecified atom stereocenters. The Bertz CT molecular complexity index is 622. The second-order valence-corrected chi connectivity index (χ2v) is 4.11. The number of carbonyl (C=O) groups is 2. The molecular formula is C14H14N2O4. The molecule has 0 aliphatic rings. The Hall–Kier alpha value is -2.63. The molecule has 0 atom stereocenters. The van der Waals surface area contributed by atoms with E-state index in [2.05, 4.69) is 10.3 Å². The van der Waals surface area contributed by atoms with Crippen molar-refractivity contribution in [3.8, 4) is 5.75 Å². The fraction of sp³-hybridized carbons (Fsp3) is 0.214. The summed E-state index contributed by atoms with van der Waals surface area (Å²) in [5.74, 6) is -0.792. The number of aromatic nitrogens is 1. The minimum atomic E-state index is -0.954. The topological polar surface area (TPSA) is 88.5 Å². The highest BCUT2D eigenvalue weighted by molar-refractivity contribution is 5.85. The number of rotatable bonds is 6. The quantitative estimate of drug-likeness (QED) is 0.826. The van der Waals surface area contributed by atoms with Crippen LogP contribution in [0, 0.1) is 0 Å². The monoisotopic (exact) mass is 274 g/mol. The number of carboxylic acids is 1. The molecule has 20 heavy (non-hydrogen) atoms. The summed E-state index contributed by atoms with van der Waals surface area (Å²) in [7, 11) is 0. The van der Waals surface area contributed by atoms with Crippen LogP contribution < -0.4 is 10.1 Å². The first-order chi connectivity index (χ1) is 9.66. The van der Waals surface area contributed by atoms with Crippen LogP contribution in [0.15, 0.2) is 36.5 Å². The molecule has 0 fully saturated rings. The normalized spacial score (nSPS) is 10.2. The van der Waals surface area contributed by atoms with E-state index >= 15 is 0 Å². The number of hydrogen-bond acceptors (Lipinski definition) is 4. The highest BCUT2D eigenvalue weighted by Crippen LogP contribution is 2.22. The smallest absolute Gasteiger partial charge is 0.305 e. The molecule has 0 saturated carbocycles. The molecule has 0 spiro atoms. The van der Waals surface area contributed by atoms with Crippen LogP contribution in [0.1, 0.15) is 6.42 Å². The number of amides is 1. The predicted molar refractivity (Wildman–Crippen MR) is 72.5 cm³/mol. The Morgan fingerprint density at radius 1 is 1.25 bits per heavy atom. The van der Waals surface area contributed by atoms with Crippen molar-refractivity contribution in [2.75, 3.05) is 13.2 Å². The summed E-state index contributed by atoms with van der Waals surface area (Å²) < 4.78 is 5.42. The SMILES string of the molecule is O=C(O)CCNC(=O)COc1cccc2cccnc12. The molecule has 6 heteroatoms. The van der Waals surface area contributed by atoms with E-state index in [1.807, 2.05) is 24.3 Å². The van der Waals surface area contributed by atoms with Gasteiger partial charge in [-0.05, 0) is 12.1 Å². The molecule has 1 aromatic carbocycles. The highest BCUT2D eigenvalue weighted by Gasteiger charge is 2.06. The average molecular weight is 274 g/mol. The van der Waals surface area contributed by atoms with Crippen LogP contribution in [-0.4, -0.2) is 35.1 Å². The van der Waals surface area contributed by atoms with E-state index < -0.39 is 5.97 Å². The van der Waals surface area contributed by atoms with E-state index in [1.165, 1.54) is 0 Å². The van der Waals surface area contributed by atoms with Crippen molar-refractivity contribution in [3.05, 3.63) is 36.5 Å². The first kappa shape index (κ1) is 13.8. The molecule has 6 nitrogen and oxygen atoms in total. The Labute approximate surface area is 115 Å². The van der Waals surface area contributed by atoms with E-state index in [0.29, 0.717) is 11.3 Å². The van der Waals surface area contributed by atoms with Crippen molar-refractivity contribution >= 4 is 22.8 Å². The van der Waals surface area contributed by atoms with Gasteiger partial charge in [-0.2, -0.15) is 0 Å². The Morgan fingerprint density at radius 3 is 2.85 bits per heavy atom. The minimum absolute atomic E-state index is 0.0886. The van der Waals surface area contributed by atoms with Crippen LogP contribution in [0.25, 0.3) is 10.9 Å². The summed E-state index contributed by atoms with van der Waals surface area (Å²) in [4.78, 5) is 26.0. The third kappa shape index (κ3) is 3.68. The number of carboxylic acid groups (broad SMARTS) is 1. The van der Waals surface area contributed by atoms with Gasteiger partial charge in [0, 0.05) is 18.1 Å². The number of pyridine rings is 1. The van der Waals surface area contributed by atoms with Crippen molar-refractivity contribution in [3.63, 3.8) is 0 Å². The summed E-state index contributed by atoms with van der Waals surface area (Å²) in [6, 6.07) is 9.19. The molecule has 0 saturated heterocycles. The molecular weight excluding hydrogens is 260 g/mol. The van der Waals surface area contributed by atoms with Gasteiger partial charge in [-0.15, -0.1) is 0 Å². The zero-order valence-corrected chi connectivity index (χ0v) is 10.7. The van der Waals surface area contributed by atoms with Gasteiger partial charge < -0.3 is 15.2 Å². The molecule has 104 valence electrons. The molecule has 0 radical (unpaired) electrons. The largest absolute Gasteiger partial charge is 0.481 e. The number of para-hydroxylation sites is 1. The van der Waals surface area contributed by atoms with Gasteiger partial charge in [0.2, 0.25) is 0 Å². The number of ether oxygens (including phenoxy) is 1. The Kier molecular flexibility index (Phi) is 4.49. The van der Waals surface area contributed by atoms with Crippen LogP contribution in [0.4, 0.5) is 0 Å². The van der Waals surface area contributed by atoms with Crippen LogP contribution in [-0.2, 0) is 9.59 Å². The molecule has 1 heterocycles. The molecule has 0 aliphatic carbocycles. The number of aliphatic carboxylic acids is 1. The van der Waals surface area contributed by atoms with E-state index in [1.54, 1.807) is 12.3 Å². The lowest BCUT2D eigenvalue weighted by atomic mass is 10.2.